The van der Waals surface area contributed by atoms with E-state index in [1.54, 1.807) is 18.2 Å². The van der Waals surface area contributed by atoms with E-state index in [2.05, 4.69) is 4.79 Å². The fourth-order valence-electron chi connectivity index (χ4n) is 1.40. The first kappa shape index (κ1) is 11.1. The van der Waals surface area contributed by atoms with Crippen LogP contribution in [-0.4, -0.2) is 15.9 Å². The third kappa shape index (κ3) is 2.72. The van der Waals surface area contributed by atoms with Gasteiger partial charge in [-0.25, -0.2) is 0 Å². The summed E-state index contributed by atoms with van der Waals surface area (Å²) in [6, 6.07) is 6.58. The molecular formula is C10H11N3O2. The molecule has 5 heteroatoms. The van der Waals surface area contributed by atoms with E-state index in [9.17, 15) is 10.1 Å². The third-order valence-corrected chi connectivity index (χ3v) is 2.20. The summed E-state index contributed by atoms with van der Waals surface area (Å²) in [4.78, 5) is 13.2. The second-order valence-electron chi connectivity index (χ2n) is 3.25. The number of para-hydroxylation sites is 1. The van der Waals surface area contributed by atoms with E-state index in [-0.39, 0.29) is 11.6 Å². The molecule has 0 fully saturated rings. The third-order valence-electron chi connectivity index (χ3n) is 2.20. The van der Waals surface area contributed by atoms with E-state index in [1.165, 1.54) is 12.3 Å². The van der Waals surface area contributed by atoms with Crippen molar-refractivity contribution >= 4 is 11.9 Å². The largest absolute Gasteiger partial charge is 0.362 e. The first-order valence-corrected chi connectivity index (χ1v) is 4.56. The highest BCUT2D eigenvalue weighted by molar-refractivity contribution is 5.54. The fourth-order valence-corrected chi connectivity index (χ4v) is 1.40. The normalized spacial score (nSPS) is 11.5. The van der Waals surface area contributed by atoms with Gasteiger partial charge in [-0.2, -0.15) is 4.79 Å². The van der Waals surface area contributed by atoms with Crippen molar-refractivity contribution in [3.05, 3.63) is 45.5 Å². The van der Waals surface area contributed by atoms with Crippen LogP contribution in [0.5, 0.6) is 0 Å². The smallest absolute Gasteiger partial charge is 0.272 e. The Kier molecular flexibility index (Phi) is 3.71. The highest BCUT2D eigenvalue weighted by atomic mass is 16.6. The van der Waals surface area contributed by atoms with Crippen molar-refractivity contribution in [1.29, 1.82) is 0 Å². The lowest BCUT2D eigenvalue weighted by Crippen LogP contribution is -2.00. The summed E-state index contributed by atoms with van der Waals surface area (Å²) in [5.74, 6) is -0.0394. The van der Waals surface area contributed by atoms with Crippen LogP contribution < -0.4 is 0 Å². The fraction of sp³-hybridized carbons (Fsp3) is 0.300. The van der Waals surface area contributed by atoms with Crippen LogP contribution in [0.15, 0.2) is 24.3 Å². The molecule has 0 aromatic heterocycles. The molecule has 1 rings (SSSR count). The summed E-state index contributed by atoms with van der Waals surface area (Å²) >= 11 is 0. The van der Waals surface area contributed by atoms with Gasteiger partial charge >= 0.3 is 0 Å². The van der Waals surface area contributed by atoms with Crippen LogP contribution in [0, 0.1) is 10.1 Å². The summed E-state index contributed by atoms with van der Waals surface area (Å²) in [7, 11) is 0. The zero-order valence-electron chi connectivity index (χ0n) is 8.33. The van der Waals surface area contributed by atoms with Gasteiger partial charge in [0.1, 0.15) is 0 Å². The summed E-state index contributed by atoms with van der Waals surface area (Å²) in [6.07, 6.45) is 1.81. The van der Waals surface area contributed by atoms with Gasteiger partial charge in [0.2, 0.25) is 0 Å². The summed E-state index contributed by atoms with van der Waals surface area (Å²) in [5.41, 5.74) is 9.04. The second kappa shape index (κ2) is 5.02. The van der Waals surface area contributed by atoms with Gasteiger partial charge in [0.25, 0.3) is 11.9 Å². The molecule has 1 aromatic carbocycles. The monoisotopic (exact) mass is 205 g/mol. The molecule has 0 heterocycles. The van der Waals surface area contributed by atoms with E-state index >= 15 is 0 Å². The standard InChI is InChI=1S/C10H11N3O2/c1-8(6-7-12-11)9-4-2-3-5-10(9)13(14)15/h2-5,7-8H,6H2,1H3. The quantitative estimate of drug-likeness (QED) is 0.248. The van der Waals surface area contributed by atoms with E-state index in [0.717, 1.165) is 0 Å². The summed E-state index contributed by atoms with van der Waals surface area (Å²) in [6.45, 7) is 1.85. The molecule has 0 bridgehead atoms. The molecule has 1 unspecified atom stereocenters. The Morgan fingerprint density at radius 3 is 2.87 bits per heavy atom. The summed E-state index contributed by atoms with van der Waals surface area (Å²) in [5, 5.41) is 10.7. The minimum absolute atomic E-state index is 0.0394. The summed E-state index contributed by atoms with van der Waals surface area (Å²) < 4.78 is 0. The van der Waals surface area contributed by atoms with Gasteiger partial charge in [-0.1, -0.05) is 25.1 Å². The van der Waals surface area contributed by atoms with Gasteiger partial charge in [-0.05, 0) is 5.92 Å². The van der Waals surface area contributed by atoms with Crippen LogP contribution in [0.1, 0.15) is 24.8 Å². The lowest BCUT2D eigenvalue weighted by molar-refractivity contribution is -0.385. The van der Waals surface area contributed by atoms with Crippen molar-refractivity contribution in [3.8, 4) is 0 Å². The number of rotatable bonds is 4. The molecule has 0 saturated carbocycles. The SMILES string of the molecule is CC(CC=[N+]=[N-])c1ccccc1[N+](=O)[O-]. The molecule has 15 heavy (non-hydrogen) atoms. The van der Waals surface area contributed by atoms with Crippen LogP contribution in [0.4, 0.5) is 5.69 Å². The predicted octanol–water partition coefficient (Wildman–Crippen LogP) is 2.39. The number of nitro groups is 1. The van der Waals surface area contributed by atoms with E-state index < -0.39 is 4.92 Å². The number of nitro benzene ring substituents is 1. The number of benzene rings is 1. The van der Waals surface area contributed by atoms with Gasteiger partial charge in [-0.3, -0.25) is 10.1 Å². The Balaban J connectivity index is 3.01. The number of hydrogen-bond acceptors (Lipinski definition) is 2. The maximum absolute atomic E-state index is 10.7. The molecule has 0 amide bonds. The second-order valence-corrected chi connectivity index (χ2v) is 3.25. The van der Waals surface area contributed by atoms with Crippen molar-refractivity contribution in [2.24, 2.45) is 0 Å². The van der Waals surface area contributed by atoms with Crippen LogP contribution in [-0.2, 0) is 0 Å². The first-order chi connectivity index (χ1) is 7.16. The molecule has 0 aliphatic rings. The lowest BCUT2D eigenvalue weighted by atomic mass is 9.97. The molecule has 1 aromatic rings. The number of nitrogens with zero attached hydrogens (tertiary/aromatic N) is 3. The average Bonchev–Trinajstić information content (AvgIpc) is 2.25. The minimum atomic E-state index is -0.401. The Hall–Kier alpha value is -2.00. The van der Waals surface area contributed by atoms with Gasteiger partial charge in [-0.15, -0.1) is 0 Å². The maximum Gasteiger partial charge on any atom is 0.272 e. The van der Waals surface area contributed by atoms with Crippen molar-refractivity contribution in [2.75, 3.05) is 0 Å². The molecule has 1 atom stereocenters. The van der Waals surface area contributed by atoms with Gasteiger partial charge in [0.15, 0.2) is 0 Å². The molecule has 0 aliphatic heterocycles. The van der Waals surface area contributed by atoms with Gasteiger partial charge in [0, 0.05) is 18.1 Å². The zero-order chi connectivity index (χ0) is 11.3. The molecule has 5 nitrogen and oxygen atoms in total. The van der Waals surface area contributed by atoms with Crippen molar-refractivity contribution in [1.82, 2.24) is 0 Å². The first-order valence-electron chi connectivity index (χ1n) is 4.56. The average molecular weight is 205 g/mol. The molecular weight excluding hydrogens is 194 g/mol. The van der Waals surface area contributed by atoms with Crippen LogP contribution >= 0.6 is 0 Å². The molecule has 0 aliphatic carbocycles. The minimum Gasteiger partial charge on any atom is -0.362 e. The van der Waals surface area contributed by atoms with Crippen molar-refractivity contribution in [2.45, 2.75) is 19.3 Å². The molecule has 0 saturated heterocycles. The number of hydrogen-bond donors (Lipinski definition) is 0. The predicted molar refractivity (Wildman–Crippen MR) is 55.8 cm³/mol. The van der Waals surface area contributed by atoms with Crippen LogP contribution in [0.25, 0.3) is 5.53 Å². The molecule has 78 valence electrons. The zero-order valence-corrected chi connectivity index (χ0v) is 8.33. The molecule has 0 N–H and O–H groups in total. The molecule has 0 spiro atoms. The van der Waals surface area contributed by atoms with Crippen LogP contribution in [0.2, 0.25) is 0 Å². The highest BCUT2D eigenvalue weighted by Gasteiger charge is 2.17. The Bertz CT molecular complexity index is 411. The molecule has 0 radical (unpaired) electrons. The van der Waals surface area contributed by atoms with Gasteiger partial charge in [0.05, 0.1) is 4.92 Å². The Labute approximate surface area is 87.1 Å². The Morgan fingerprint density at radius 1 is 1.60 bits per heavy atom. The van der Waals surface area contributed by atoms with Crippen molar-refractivity contribution in [3.63, 3.8) is 0 Å². The topological polar surface area (TPSA) is 79.5 Å². The maximum atomic E-state index is 10.7. The van der Waals surface area contributed by atoms with Crippen molar-refractivity contribution < 1.29 is 9.71 Å². The lowest BCUT2D eigenvalue weighted by Gasteiger charge is -2.06. The Morgan fingerprint density at radius 2 is 2.27 bits per heavy atom. The highest BCUT2D eigenvalue weighted by Crippen LogP contribution is 2.27. The van der Waals surface area contributed by atoms with E-state index in [0.29, 0.717) is 12.0 Å². The van der Waals surface area contributed by atoms with Gasteiger partial charge < -0.3 is 5.53 Å². The van der Waals surface area contributed by atoms with Crippen LogP contribution in [0.3, 0.4) is 0 Å². The van der Waals surface area contributed by atoms with E-state index in [1.807, 2.05) is 6.92 Å². The van der Waals surface area contributed by atoms with E-state index in [4.69, 9.17) is 5.53 Å².